The molecule has 1 aromatic carbocycles. The summed E-state index contributed by atoms with van der Waals surface area (Å²) in [7, 11) is 5.15. The van der Waals surface area contributed by atoms with E-state index in [4.69, 9.17) is 14.2 Å². The van der Waals surface area contributed by atoms with E-state index in [1.165, 1.54) is 5.56 Å². The van der Waals surface area contributed by atoms with Crippen molar-refractivity contribution in [2.45, 2.75) is 24.7 Å². The van der Waals surface area contributed by atoms with Gasteiger partial charge in [-0.15, -0.1) is 12.4 Å². The number of ether oxygens (including phenoxy) is 3. The van der Waals surface area contributed by atoms with Crippen molar-refractivity contribution in [1.82, 2.24) is 5.32 Å². The Morgan fingerprint density at radius 1 is 1.11 bits per heavy atom. The summed E-state index contributed by atoms with van der Waals surface area (Å²) >= 11 is 0. The van der Waals surface area contributed by atoms with Crippen molar-refractivity contribution in [3.63, 3.8) is 0 Å². The molecular formula is C14H22ClNO3. The molecule has 3 atom stereocenters. The summed E-state index contributed by atoms with van der Waals surface area (Å²) in [5, 5.41) is 3.45. The van der Waals surface area contributed by atoms with Crippen molar-refractivity contribution in [2.75, 3.05) is 27.9 Å². The molecule has 1 fully saturated rings. The van der Waals surface area contributed by atoms with Gasteiger partial charge >= 0.3 is 0 Å². The van der Waals surface area contributed by atoms with Gasteiger partial charge in [-0.25, -0.2) is 0 Å². The summed E-state index contributed by atoms with van der Waals surface area (Å²) in [6.07, 6.45) is 1.18. The second kappa shape index (κ2) is 7.70. The molecule has 0 spiro atoms. The van der Waals surface area contributed by atoms with Gasteiger partial charge in [-0.3, -0.25) is 0 Å². The number of hydrogen-bond acceptors (Lipinski definition) is 4. The summed E-state index contributed by atoms with van der Waals surface area (Å²) in [5.41, 5.74) is 1.27. The third-order valence-corrected chi connectivity index (χ3v) is 3.53. The topological polar surface area (TPSA) is 39.7 Å². The average Bonchev–Trinajstić information content (AvgIpc) is 2.81. The first-order valence-corrected chi connectivity index (χ1v) is 6.20. The van der Waals surface area contributed by atoms with Crippen LogP contribution in [0.5, 0.6) is 5.75 Å². The minimum atomic E-state index is 0. The van der Waals surface area contributed by atoms with Gasteiger partial charge in [0.1, 0.15) is 11.9 Å². The van der Waals surface area contributed by atoms with Crippen LogP contribution < -0.4 is 10.1 Å². The van der Waals surface area contributed by atoms with Gasteiger partial charge in [-0.1, -0.05) is 12.1 Å². The van der Waals surface area contributed by atoms with Gasteiger partial charge in [0.05, 0.1) is 13.2 Å². The molecule has 0 amide bonds. The first-order chi connectivity index (χ1) is 8.78. The lowest BCUT2D eigenvalue weighted by atomic mass is 10.0. The molecule has 19 heavy (non-hydrogen) atoms. The molecule has 1 heterocycles. The molecule has 108 valence electrons. The molecule has 3 unspecified atom stereocenters. The zero-order chi connectivity index (χ0) is 13.0. The summed E-state index contributed by atoms with van der Waals surface area (Å²) in [4.78, 5) is 0. The number of methoxy groups -OCH3 is 3. The van der Waals surface area contributed by atoms with E-state index >= 15 is 0 Å². The van der Waals surface area contributed by atoms with Gasteiger partial charge in [-0.2, -0.15) is 0 Å². The lowest BCUT2D eigenvalue weighted by Crippen LogP contribution is -2.37. The van der Waals surface area contributed by atoms with Crippen LogP contribution in [0.4, 0.5) is 0 Å². The van der Waals surface area contributed by atoms with E-state index in [1.54, 1.807) is 21.3 Å². The lowest BCUT2D eigenvalue weighted by Gasteiger charge is -2.21. The average molecular weight is 288 g/mol. The van der Waals surface area contributed by atoms with Crippen molar-refractivity contribution in [2.24, 2.45) is 0 Å². The molecule has 0 aliphatic carbocycles. The Bertz CT molecular complexity index is 371. The van der Waals surface area contributed by atoms with Crippen LogP contribution in [0.2, 0.25) is 0 Å². The van der Waals surface area contributed by atoms with Crippen LogP contribution in [0, 0.1) is 0 Å². The van der Waals surface area contributed by atoms with Crippen molar-refractivity contribution in [3.8, 4) is 5.75 Å². The summed E-state index contributed by atoms with van der Waals surface area (Å²) in [6, 6.07) is 8.45. The molecule has 0 saturated carbocycles. The molecule has 1 aromatic rings. The Balaban J connectivity index is 0.00000180. The number of rotatable bonds is 5. The van der Waals surface area contributed by atoms with Crippen LogP contribution in [-0.4, -0.2) is 46.1 Å². The van der Waals surface area contributed by atoms with Gasteiger partial charge in [0.15, 0.2) is 0 Å². The molecule has 1 aliphatic rings. The third kappa shape index (κ3) is 3.83. The predicted molar refractivity (Wildman–Crippen MR) is 77.3 cm³/mol. The third-order valence-electron chi connectivity index (χ3n) is 3.53. The molecule has 4 nitrogen and oxygen atoms in total. The maximum atomic E-state index is 5.53. The SMILES string of the molecule is COc1ccc(CC2NCC(OC)C2OC)cc1.Cl. The van der Waals surface area contributed by atoms with Crippen LogP contribution >= 0.6 is 12.4 Å². The maximum absolute atomic E-state index is 5.53. The van der Waals surface area contributed by atoms with E-state index in [9.17, 15) is 0 Å². The molecule has 2 rings (SSSR count). The highest BCUT2D eigenvalue weighted by Crippen LogP contribution is 2.19. The normalized spacial score (nSPS) is 25.9. The van der Waals surface area contributed by atoms with E-state index in [0.29, 0.717) is 6.04 Å². The fourth-order valence-electron chi connectivity index (χ4n) is 2.50. The van der Waals surface area contributed by atoms with Crippen molar-refractivity contribution in [1.29, 1.82) is 0 Å². The van der Waals surface area contributed by atoms with Crippen LogP contribution in [0.3, 0.4) is 0 Å². The van der Waals surface area contributed by atoms with Crippen LogP contribution in [-0.2, 0) is 15.9 Å². The van der Waals surface area contributed by atoms with Crippen LogP contribution in [0.1, 0.15) is 5.56 Å². The van der Waals surface area contributed by atoms with E-state index in [2.05, 4.69) is 17.4 Å². The summed E-state index contributed by atoms with van der Waals surface area (Å²) in [5.74, 6) is 0.885. The zero-order valence-electron chi connectivity index (χ0n) is 11.6. The molecule has 0 aromatic heterocycles. The Morgan fingerprint density at radius 2 is 1.79 bits per heavy atom. The monoisotopic (exact) mass is 287 g/mol. The number of halogens is 1. The summed E-state index contributed by atoms with van der Waals surface area (Å²) in [6.45, 7) is 0.843. The second-order valence-corrected chi connectivity index (χ2v) is 4.54. The van der Waals surface area contributed by atoms with E-state index in [1.807, 2.05) is 12.1 Å². The number of nitrogens with one attached hydrogen (secondary N) is 1. The van der Waals surface area contributed by atoms with Crippen molar-refractivity contribution < 1.29 is 14.2 Å². The van der Waals surface area contributed by atoms with Gasteiger partial charge in [-0.05, 0) is 24.1 Å². The maximum Gasteiger partial charge on any atom is 0.118 e. The number of hydrogen-bond donors (Lipinski definition) is 1. The molecule has 1 saturated heterocycles. The molecule has 1 aliphatic heterocycles. The van der Waals surface area contributed by atoms with Gasteiger partial charge in [0.25, 0.3) is 0 Å². The molecule has 0 bridgehead atoms. The van der Waals surface area contributed by atoms with E-state index in [-0.39, 0.29) is 24.6 Å². The molecule has 1 N–H and O–H groups in total. The zero-order valence-corrected chi connectivity index (χ0v) is 12.4. The largest absolute Gasteiger partial charge is 0.497 e. The van der Waals surface area contributed by atoms with Gasteiger partial charge in [0.2, 0.25) is 0 Å². The fraction of sp³-hybridized carbons (Fsp3) is 0.571. The van der Waals surface area contributed by atoms with Crippen LogP contribution in [0.25, 0.3) is 0 Å². The Morgan fingerprint density at radius 3 is 2.32 bits per heavy atom. The highest BCUT2D eigenvalue weighted by atomic mass is 35.5. The minimum absolute atomic E-state index is 0. The van der Waals surface area contributed by atoms with E-state index in [0.717, 1.165) is 18.7 Å². The Hall–Kier alpha value is -0.810. The first-order valence-electron chi connectivity index (χ1n) is 6.20. The number of benzene rings is 1. The van der Waals surface area contributed by atoms with Crippen LogP contribution in [0.15, 0.2) is 24.3 Å². The quantitative estimate of drug-likeness (QED) is 0.894. The highest BCUT2D eigenvalue weighted by molar-refractivity contribution is 5.85. The van der Waals surface area contributed by atoms with Gasteiger partial charge in [0, 0.05) is 26.8 Å². The summed E-state index contributed by atoms with van der Waals surface area (Å²) < 4.78 is 16.1. The minimum Gasteiger partial charge on any atom is -0.497 e. The van der Waals surface area contributed by atoms with Gasteiger partial charge < -0.3 is 19.5 Å². The smallest absolute Gasteiger partial charge is 0.118 e. The Kier molecular flexibility index (Phi) is 6.58. The Labute approximate surface area is 120 Å². The van der Waals surface area contributed by atoms with Crippen molar-refractivity contribution in [3.05, 3.63) is 29.8 Å². The first kappa shape index (κ1) is 16.2. The predicted octanol–water partition coefficient (Wildman–Crippen LogP) is 1.66. The molecule has 5 heteroatoms. The highest BCUT2D eigenvalue weighted by Gasteiger charge is 2.35. The lowest BCUT2D eigenvalue weighted by molar-refractivity contribution is -0.0175. The van der Waals surface area contributed by atoms with E-state index < -0.39 is 0 Å². The molecule has 0 radical (unpaired) electrons. The second-order valence-electron chi connectivity index (χ2n) is 4.54. The molecular weight excluding hydrogens is 266 g/mol. The van der Waals surface area contributed by atoms with Crippen molar-refractivity contribution >= 4 is 12.4 Å². The standard InChI is InChI=1S/C14H21NO3.ClH/c1-16-11-6-4-10(5-7-11)8-12-14(18-3)13(17-2)9-15-12;/h4-7,12-15H,8-9H2,1-3H3;1H. The fourth-order valence-corrected chi connectivity index (χ4v) is 2.50.